The fourth-order valence-corrected chi connectivity index (χ4v) is 1.93. The Bertz CT molecular complexity index is 509. The number of pyridine rings is 1. The number of carbonyl (C=O) groups is 1. The SMILES string of the molecule is COCCn1cc(NC(=O)C2CNCCO2)ccc1=O. The first kappa shape index (κ1) is 14.7. The van der Waals surface area contributed by atoms with Crippen LogP contribution in [0.25, 0.3) is 0 Å². The molecular weight excluding hydrogens is 262 g/mol. The highest BCUT2D eigenvalue weighted by atomic mass is 16.5. The first-order valence-corrected chi connectivity index (χ1v) is 6.53. The van der Waals surface area contributed by atoms with Gasteiger partial charge in [-0.1, -0.05) is 0 Å². The number of amides is 1. The van der Waals surface area contributed by atoms with Gasteiger partial charge in [-0.25, -0.2) is 0 Å². The third-order valence-electron chi connectivity index (χ3n) is 3.01. The highest BCUT2D eigenvalue weighted by molar-refractivity contribution is 5.94. The molecule has 1 amide bonds. The first-order valence-electron chi connectivity index (χ1n) is 6.53. The molecule has 1 aliphatic heterocycles. The maximum Gasteiger partial charge on any atom is 0.254 e. The Morgan fingerprint density at radius 1 is 1.60 bits per heavy atom. The molecule has 2 N–H and O–H groups in total. The summed E-state index contributed by atoms with van der Waals surface area (Å²) in [5.41, 5.74) is 0.440. The summed E-state index contributed by atoms with van der Waals surface area (Å²) in [5, 5.41) is 5.84. The molecule has 0 aromatic carbocycles. The van der Waals surface area contributed by atoms with E-state index < -0.39 is 6.10 Å². The maximum atomic E-state index is 12.0. The number of carbonyl (C=O) groups excluding carboxylic acids is 1. The molecule has 1 saturated heterocycles. The topological polar surface area (TPSA) is 81.6 Å². The van der Waals surface area contributed by atoms with E-state index >= 15 is 0 Å². The van der Waals surface area contributed by atoms with Gasteiger partial charge in [0.1, 0.15) is 6.10 Å². The average Bonchev–Trinajstić information content (AvgIpc) is 2.48. The van der Waals surface area contributed by atoms with Gasteiger partial charge in [0.2, 0.25) is 0 Å². The normalized spacial score (nSPS) is 18.8. The molecular formula is C13H19N3O4. The summed E-state index contributed by atoms with van der Waals surface area (Å²) in [7, 11) is 1.57. The highest BCUT2D eigenvalue weighted by Gasteiger charge is 2.21. The van der Waals surface area contributed by atoms with Crippen LogP contribution in [0.1, 0.15) is 0 Å². The molecule has 1 atom stereocenters. The summed E-state index contributed by atoms with van der Waals surface area (Å²) in [6.07, 6.45) is 1.11. The minimum atomic E-state index is -0.497. The van der Waals surface area contributed by atoms with Crippen molar-refractivity contribution in [1.29, 1.82) is 0 Å². The molecule has 1 aliphatic rings. The number of ether oxygens (including phenoxy) is 2. The van der Waals surface area contributed by atoms with E-state index in [1.54, 1.807) is 19.4 Å². The van der Waals surface area contributed by atoms with Crippen molar-refractivity contribution in [1.82, 2.24) is 9.88 Å². The van der Waals surface area contributed by atoms with E-state index in [-0.39, 0.29) is 11.5 Å². The summed E-state index contributed by atoms with van der Waals surface area (Å²) in [6, 6.07) is 3.01. The van der Waals surface area contributed by atoms with Gasteiger partial charge in [0, 0.05) is 39.0 Å². The van der Waals surface area contributed by atoms with Gasteiger partial charge in [-0.2, -0.15) is 0 Å². The number of methoxy groups -OCH3 is 1. The molecule has 1 fully saturated rings. The van der Waals surface area contributed by atoms with E-state index in [4.69, 9.17) is 9.47 Å². The number of nitrogens with one attached hydrogen (secondary N) is 2. The molecule has 0 radical (unpaired) electrons. The number of morpholine rings is 1. The maximum absolute atomic E-state index is 12.0. The molecule has 7 heteroatoms. The van der Waals surface area contributed by atoms with E-state index in [9.17, 15) is 9.59 Å². The summed E-state index contributed by atoms with van der Waals surface area (Å²) in [6.45, 7) is 2.65. The molecule has 0 bridgehead atoms. The fourth-order valence-electron chi connectivity index (χ4n) is 1.93. The van der Waals surface area contributed by atoms with Crippen LogP contribution in [0, 0.1) is 0 Å². The molecule has 0 aliphatic carbocycles. The minimum absolute atomic E-state index is 0.129. The van der Waals surface area contributed by atoms with Gasteiger partial charge in [-0.3, -0.25) is 9.59 Å². The van der Waals surface area contributed by atoms with Gasteiger partial charge in [-0.05, 0) is 6.07 Å². The average molecular weight is 281 g/mol. The number of anilines is 1. The second-order valence-electron chi connectivity index (χ2n) is 4.50. The fraction of sp³-hybridized carbons (Fsp3) is 0.538. The van der Waals surface area contributed by atoms with Gasteiger partial charge in [-0.15, -0.1) is 0 Å². The molecule has 110 valence electrons. The smallest absolute Gasteiger partial charge is 0.254 e. The van der Waals surface area contributed by atoms with Crippen molar-refractivity contribution in [3.8, 4) is 0 Å². The van der Waals surface area contributed by atoms with Crippen LogP contribution in [-0.2, 0) is 20.8 Å². The summed E-state index contributed by atoms with van der Waals surface area (Å²) < 4.78 is 11.8. The third-order valence-corrected chi connectivity index (χ3v) is 3.01. The number of hydrogen-bond acceptors (Lipinski definition) is 5. The van der Waals surface area contributed by atoms with Gasteiger partial charge >= 0.3 is 0 Å². The molecule has 2 rings (SSSR count). The van der Waals surface area contributed by atoms with E-state index in [2.05, 4.69) is 10.6 Å². The lowest BCUT2D eigenvalue weighted by molar-refractivity contribution is -0.128. The zero-order chi connectivity index (χ0) is 14.4. The summed E-state index contributed by atoms with van der Waals surface area (Å²) >= 11 is 0. The lowest BCUT2D eigenvalue weighted by atomic mass is 10.3. The standard InChI is InChI=1S/C13H19N3O4/c1-19-7-5-16-9-10(2-3-12(16)17)15-13(18)11-8-14-4-6-20-11/h2-3,9,11,14H,4-8H2,1H3,(H,15,18). The molecule has 1 aromatic heterocycles. The minimum Gasteiger partial charge on any atom is -0.383 e. The van der Waals surface area contributed by atoms with Crippen molar-refractivity contribution >= 4 is 11.6 Å². The molecule has 2 heterocycles. The van der Waals surface area contributed by atoms with Crippen molar-refractivity contribution in [2.75, 3.05) is 38.7 Å². The lowest BCUT2D eigenvalue weighted by Crippen LogP contribution is -2.45. The van der Waals surface area contributed by atoms with E-state index in [1.807, 2.05) is 0 Å². The Morgan fingerprint density at radius 3 is 3.15 bits per heavy atom. The van der Waals surface area contributed by atoms with E-state index in [1.165, 1.54) is 10.6 Å². The Morgan fingerprint density at radius 2 is 2.45 bits per heavy atom. The molecule has 1 unspecified atom stereocenters. The van der Waals surface area contributed by atoms with Crippen molar-refractivity contribution in [2.45, 2.75) is 12.6 Å². The molecule has 0 spiro atoms. The third kappa shape index (κ3) is 3.89. The zero-order valence-electron chi connectivity index (χ0n) is 11.4. The van der Waals surface area contributed by atoms with E-state index in [0.29, 0.717) is 32.0 Å². The number of nitrogens with zero attached hydrogens (tertiary/aromatic N) is 1. The first-order chi connectivity index (χ1) is 9.70. The predicted octanol–water partition coefficient (Wildman–Crippen LogP) is -0.578. The second kappa shape index (κ2) is 7.18. The Labute approximate surface area is 116 Å². The van der Waals surface area contributed by atoms with Crippen molar-refractivity contribution in [3.63, 3.8) is 0 Å². The molecule has 1 aromatic rings. The molecule has 0 saturated carbocycles. The van der Waals surface area contributed by atoms with E-state index in [0.717, 1.165) is 6.54 Å². The number of rotatable bonds is 5. The Hall–Kier alpha value is -1.70. The predicted molar refractivity (Wildman–Crippen MR) is 73.8 cm³/mol. The van der Waals surface area contributed by atoms with Gasteiger partial charge in [0.05, 0.1) is 18.9 Å². The van der Waals surface area contributed by atoms with Crippen LogP contribution < -0.4 is 16.2 Å². The number of aromatic nitrogens is 1. The summed E-state index contributed by atoms with van der Waals surface area (Å²) in [4.78, 5) is 23.6. The molecule has 20 heavy (non-hydrogen) atoms. The van der Waals surface area contributed by atoms with Crippen LogP contribution in [0.3, 0.4) is 0 Å². The van der Waals surface area contributed by atoms with Crippen LogP contribution >= 0.6 is 0 Å². The molecule has 7 nitrogen and oxygen atoms in total. The summed E-state index contributed by atoms with van der Waals surface area (Å²) in [5.74, 6) is -0.214. The lowest BCUT2D eigenvalue weighted by Gasteiger charge is -2.22. The second-order valence-corrected chi connectivity index (χ2v) is 4.50. The van der Waals surface area contributed by atoms with Crippen molar-refractivity contribution in [3.05, 3.63) is 28.7 Å². The zero-order valence-corrected chi connectivity index (χ0v) is 11.4. The van der Waals surface area contributed by atoms with Crippen LogP contribution in [-0.4, -0.2) is 50.0 Å². The van der Waals surface area contributed by atoms with Crippen LogP contribution in [0.4, 0.5) is 5.69 Å². The quantitative estimate of drug-likeness (QED) is 0.755. The largest absolute Gasteiger partial charge is 0.383 e. The monoisotopic (exact) mass is 281 g/mol. The van der Waals surface area contributed by atoms with Gasteiger partial charge in [0.15, 0.2) is 0 Å². The van der Waals surface area contributed by atoms with Crippen LogP contribution in [0.15, 0.2) is 23.1 Å². The van der Waals surface area contributed by atoms with Gasteiger partial charge in [0.25, 0.3) is 11.5 Å². The van der Waals surface area contributed by atoms with Crippen molar-refractivity contribution in [2.24, 2.45) is 0 Å². The number of hydrogen-bond donors (Lipinski definition) is 2. The van der Waals surface area contributed by atoms with Crippen LogP contribution in [0.2, 0.25) is 0 Å². The van der Waals surface area contributed by atoms with Gasteiger partial charge < -0.3 is 24.7 Å². The Kier molecular flexibility index (Phi) is 5.28. The Balaban J connectivity index is 2.01. The van der Waals surface area contributed by atoms with Crippen LogP contribution in [0.5, 0.6) is 0 Å². The van der Waals surface area contributed by atoms with Crippen molar-refractivity contribution < 1.29 is 14.3 Å². The highest BCUT2D eigenvalue weighted by Crippen LogP contribution is 2.06.